The molecule has 0 atom stereocenters. The Morgan fingerprint density at radius 3 is 0.639 bits per heavy atom. The first-order chi connectivity index (χ1) is 16.5. The van der Waals surface area contributed by atoms with Crippen molar-refractivity contribution in [3.63, 3.8) is 0 Å². The number of aromatic carboxylic acids is 4. The van der Waals surface area contributed by atoms with E-state index in [0.29, 0.717) is 13.1 Å². The van der Waals surface area contributed by atoms with Gasteiger partial charge in [0.2, 0.25) is 0 Å². The number of carbonyl (C=O) groups is 4. The molecule has 0 saturated heterocycles. The van der Waals surface area contributed by atoms with Crippen molar-refractivity contribution in [3.8, 4) is 0 Å². The third kappa shape index (κ3) is 8.03. The number of benzene rings is 2. The summed E-state index contributed by atoms with van der Waals surface area (Å²) < 4.78 is 0. The van der Waals surface area contributed by atoms with Gasteiger partial charge in [-0.25, -0.2) is 19.2 Å². The topological polar surface area (TPSA) is 201 Å². The highest BCUT2D eigenvalue weighted by Gasteiger charge is 2.29. The highest BCUT2D eigenvalue weighted by molar-refractivity contribution is 6.55. The van der Waals surface area contributed by atoms with Gasteiger partial charge in [0.15, 0.2) is 0 Å². The maximum absolute atomic E-state index is 10.9. The molecule has 0 unspecified atom stereocenters. The van der Waals surface area contributed by atoms with Gasteiger partial charge in [-0.05, 0) is 0 Å². The Labute approximate surface area is 242 Å². The maximum Gasteiger partial charge on any atom is 0.338 e. The van der Waals surface area contributed by atoms with E-state index in [1.165, 1.54) is 0 Å². The smallest absolute Gasteiger partial charge is 0.338 e. The summed E-state index contributed by atoms with van der Waals surface area (Å²) in [6, 6.07) is 0. The summed E-state index contributed by atoms with van der Waals surface area (Å²) >= 11 is 44.8. The molecule has 0 saturated carbocycles. The van der Waals surface area contributed by atoms with Crippen molar-refractivity contribution in [1.29, 1.82) is 0 Å². The van der Waals surface area contributed by atoms with Crippen LogP contribution < -0.4 is 11.5 Å². The largest absolute Gasteiger partial charge is 0.478 e. The number of halogens is 8. The summed E-state index contributed by atoms with van der Waals surface area (Å²) in [5, 5.41) is 32.3. The molecule has 0 heterocycles. The van der Waals surface area contributed by atoms with Gasteiger partial charge in [-0.1, -0.05) is 92.8 Å². The van der Waals surface area contributed by atoms with E-state index in [9.17, 15) is 19.2 Å². The number of carboxylic acid groups (broad SMARTS) is 4. The van der Waals surface area contributed by atoms with Crippen LogP contribution in [0.1, 0.15) is 41.4 Å². The molecule has 36 heavy (non-hydrogen) atoms. The molecule has 2 rings (SSSR count). The number of hydrogen-bond acceptors (Lipinski definition) is 6. The van der Waals surface area contributed by atoms with E-state index in [-0.39, 0.29) is 20.1 Å². The first-order valence-electron chi connectivity index (χ1n) is 8.54. The first-order valence-corrected chi connectivity index (χ1v) is 11.6. The average molecular weight is 668 g/mol. The van der Waals surface area contributed by atoms with Crippen molar-refractivity contribution in [2.45, 2.75) is 0 Å². The molecule has 2 aromatic rings. The highest BCUT2D eigenvalue weighted by atomic mass is 35.5. The third-order valence-electron chi connectivity index (χ3n) is 3.56. The van der Waals surface area contributed by atoms with E-state index in [4.69, 9.17) is 125 Å². The van der Waals surface area contributed by atoms with E-state index < -0.39 is 66.2 Å². The van der Waals surface area contributed by atoms with Crippen LogP contribution in [0.5, 0.6) is 0 Å². The molecule has 0 amide bonds. The molecular formula is C18H12Cl8N2O8. The fraction of sp³-hybridized carbons (Fsp3) is 0.111. The van der Waals surface area contributed by atoms with Gasteiger partial charge in [0, 0.05) is 13.1 Å². The summed E-state index contributed by atoms with van der Waals surface area (Å²) in [6.45, 7) is 1.19. The van der Waals surface area contributed by atoms with Gasteiger partial charge in [-0.15, -0.1) is 0 Å². The van der Waals surface area contributed by atoms with Crippen LogP contribution in [0, 0.1) is 0 Å². The van der Waals surface area contributed by atoms with E-state index in [1.807, 2.05) is 0 Å². The molecule has 0 bridgehead atoms. The lowest BCUT2D eigenvalue weighted by molar-refractivity contribution is 0.0652. The number of carboxylic acids is 4. The Bertz CT molecular complexity index is 1040. The fourth-order valence-corrected chi connectivity index (χ4v) is 4.10. The van der Waals surface area contributed by atoms with E-state index >= 15 is 0 Å². The van der Waals surface area contributed by atoms with Crippen LogP contribution in [0.3, 0.4) is 0 Å². The van der Waals surface area contributed by atoms with Crippen LogP contribution in [-0.2, 0) is 0 Å². The van der Waals surface area contributed by atoms with Crippen LogP contribution in [0.25, 0.3) is 0 Å². The second-order valence-electron chi connectivity index (χ2n) is 5.81. The van der Waals surface area contributed by atoms with Crippen LogP contribution in [0.15, 0.2) is 0 Å². The zero-order valence-corrected chi connectivity index (χ0v) is 23.1. The Kier molecular flexibility index (Phi) is 14.5. The summed E-state index contributed by atoms with van der Waals surface area (Å²) in [5.74, 6) is -6.21. The maximum atomic E-state index is 10.9. The SMILES string of the molecule is NCCN.O=C(O)c1c(Cl)c(Cl)c(Cl)c(Cl)c1C(=O)O.O=C(O)c1c(Cl)c(Cl)c(Cl)c(Cl)c1C(=O)O. The average Bonchev–Trinajstić information content (AvgIpc) is 2.80. The molecular weight excluding hydrogens is 656 g/mol. The molecule has 0 aliphatic rings. The van der Waals surface area contributed by atoms with Gasteiger partial charge >= 0.3 is 23.9 Å². The zero-order valence-electron chi connectivity index (χ0n) is 17.0. The van der Waals surface area contributed by atoms with Gasteiger partial charge in [0.1, 0.15) is 0 Å². The lowest BCUT2D eigenvalue weighted by atomic mass is 10.1. The molecule has 10 nitrogen and oxygen atoms in total. The van der Waals surface area contributed by atoms with E-state index in [1.54, 1.807) is 0 Å². The molecule has 0 spiro atoms. The minimum absolute atomic E-state index is 0.296. The van der Waals surface area contributed by atoms with E-state index in [0.717, 1.165) is 0 Å². The summed E-state index contributed by atoms with van der Waals surface area (Å²) in [7, 11) is 0. The first kappa shape index (κ1) is 34.6. The van der Waals surface area contributed by atoms with Gasteiger partial charge in [-0.2, -0.15) is 0 Å². The van der Waals surface area contributed by atoms with Crippen molar-refractivity contribution < 1.29 is 39.6 Å². The lowest BCUT2D eigenvalue weighted by Crippen LogP contribution is -2.11. The second kappa shape index (κ2) is 15.1. The van der Waals surface area contributed by atoms with Gasteiger partial charge in [0.05, 0.1) is 62.4 Å². The minimum atomic E-state index is -1.55. The third-order valence-corrected chi connectivity index (χ3v) is 7.16. The molecule has 0 aromatic heterocycles. The van der Waals surface area contributed by atoms with Crippen LogP contribution >= 0.6 is 92.8 Å². The predicted octanol–water partition coefficient (Wildman–Crippen LogP) is 6.30. The number of hydrogen-bond donors (Lipinski definition) is 6. The highest BCUT2D eigenvalue weighted by Crippen LogP contribution is 2.42. The minimum Gasteiger partial charge on any atom is -0.478 e. The molecule has 0 radical (unpaired) electrons. The molecule has 0 aliphatic carbocycles. The Morgan fingerprint density at radius 1 is 0.417 bits per heavy atom. The summed E-state index contributed by atoms with van der Waals surface area (Å²) in [5.41, 5.74) is 7.06. The van der Waals surface area contributed by atoms with Crippen molar-refractivity contribution in [2.24, 2.45) is 11.5 Å². The molecule has 2 aromatic carbocycles. The standard InChI is InChI=1S/2C8H2Cl4O4.C2H8N2/c2*9-3-1(7(13)14)2(8(15)16)4(10)6(12)5(3)11;3-1-2-4/h2*(H,13,14)(H,15,16);1-4H2. The van der Waals surface area contributed by atoms with Crippen LogP contribution in [-0.4, -0.2) is 57.4 Å². The molecule has 0 aliphatic heterocycles. The van der Waals surface area contributed by atoms with Gasteiger partial charge in [0.25, 0.3) is 0 Å². The quantitative estimate of drug-likeness (QED) is 0.155. The number of nitrogens with two attached hydrogens (primary N) is 2. The number of rotatable bonds is 5. The van der Waals surface area contributed by atoms with Gasteiger partial charge < -0.3 is 31.9 Å². The lowest BCUT2D eigenvalue weighted by Gasteiger charge is -2.10. The normalized spacial score (nSPS) is 9.94. The molecule has 198 valence electrons. The molecule has 8 N–H and O–H groups in total. The Balaban J connectivity index is 0.000000593. The Hall–Kier alpha value is -1.44. The van der Waals surface area contributed by atoms with Crippen LogP contribution in [0.4, 0.5) is 0 Å². The second-order valence-corrected chi connectivity index (χ2v) is 8.83. The summed E-state index contributed by atoms with van der Waals surface area (Å²) in [4.78, 5) is 43.4. The zero-order chi connectivity index (χ0) is 28.7. The Morgan fingerprint density at radius 2 is 0.556 bits per heavy atom. The fourth-order valence-electron chi connectivity index (χ4n) is 2.07. The van der Waals surface area contributed by atoms with Crippen molar-refractivity contribution in [2.75, 3.05) is 13.1 Å². The van der Waals surface area contributed by atoms with E-state index in [2.05, 4.69) is 0 Å². The van der Waals surface area contributed by atoms with Gasteiger partial charge in [-0.3, -0.25) is 0 Å². The predicted molar refractivity (Wildman–Crippen MR) is 139 cm³/mol. The summed E-state index contributed by atoms with van der Waals surface area (Å²) in [6.07, 6.45) is 0. The van der Waals surface area contributed by atoms with Crippen molar-refractivity contribution in [1.82, 2.24) is 0 Å². The van der Waals surface area contributed by atoms with Crippen molar-refractivity contribution in [3.05, 3.63) is 62.4 Å². The monoisotopic (exact) mass is 664 g/mol. The van der Waals surface area contributed by atoms with Crippen molar-refractivity contribution >= 4 is 117 Å². The van der Waals surface area contributed by atoms with Crippen LogP contribution in [0.2, 0.25) is 40.2 Å². The molecule has 18 heteroatoms. The molecule has 0 fully saturated rings.